The molecule has 3 rings (SSSR count). The number of benzene rings is 2. The molecule has 1 atom stereocenters. The summed E-state index contributed by atoms with van der Waals surface area (Å²) < 4.78 is 16.1. The highest BCUT2D eigenvalue weighted by atomic mass is 16.5. The molecule has 0 saturated carbocycles. The molecule has 0 radical (unpaired) electrons. The van der Waals surface area contributed by atoms with E-state index in [0.717, 1.165) is 54.5 Å². The van der Waals surface area contributed by atoms with Crippen molar-refractivity contribution in [3.63, 3.8) is 0 Å². The second-order valence-electron chi connectivity index (χ2n) is 6.12. The average Bonchev–Trinajstić information content (AvgIpc) is 2.68. The first-order valence-corrected chi connectivity index (χ1v) is 8.52. The van der Waals surface area contributed by atoms with Crippen LogP contribution in [0.25, 0.3) is 11.1 Å². The van der Waals surface area contributed by atoms with Crippen LogP contribution in [0, 0.1) is 0 Å². The lowest BCUT2D eigenvalue weighted by molar-refractivity contribution is 0.0143. The summed E-state index contributed by atoms with van der Waals surface area (Å²) in [6.45, 7) is 3.86. The van der Waals surface area contributed by atoms with Gasteiger partial charge in [-0.05, 0) is 23.3 Å². The minimum Gasteiger partial charge on any atom is -0.497 e. The normalized spacial score (nSPS) is 16.4. The van der Waals surface area contributed by atoms with Gasteiger partial charge in [0, 0.05) is 31.3 Å². The molecule has 1 aliphatic rings. The third-order valence-electron chi connectivity index (χ3n) is 4.55. The van der Waals surface area contributed by atoms with Crippen LogP contribution in [0.15, 0.2) is 42.5 Å². The summed E-state index contributed by atoms with van der Waals surface area (Å²) in [6, 6.07) is 13.8. The van der Waals surface area contributed by atoms with Crippen molar-refractivity contribution in [2.24, 2.45) is 0 Å². The van der Waals surface area contributed by atoms with Gasteiger partial charge in [-0.2, -0.15) is 0 Å². The second kappa shape index (κ2) is 8.34. The molecule has 1 saturated heterocycles. The predicted octanol–water partition coefficient (Wildman–Crippen LogP) is 2.74. The number of β-amino-alcohol motifs (C(OH)–C–C–N with tert-alkyl or cyclic N) is 1. The van der Waals surface area contributed by atoms with E-state index in [4.69, 9.17) is 14.2 Å². The molecule has 1 N–H and O–H groups in total. The van der Waals surface area contributed by atoms with Crippen molar-refractivity contribution < 1.29 is 19.3 Å². The van der Waals surface area contributed by atoms with E-state index in [2.05, 4.69) is 4.90 Å². The van der Waals surface area contributed by atoms with E-state index >= 15 is 0 Å². The van der Waals surface area contributed by atoms with Gasteiger partial charge < -0.3 is 19.3 Å². The van der Waals surface area contributed by atoms with Gasteiger partial charge in [-0.15, -0.1) is 0 Å². The Hall–Kier alpha value is -2.08. The van der Waals surface area contributed by atoms with Crippen molar-refractivity contribution in [3.8, 4) is 22.6 Å². The van der Waals surface area contributed by atoms with E-state index in [1.807, 2.05) is 42.5 Å². The van der Waals surface area contributed by atoms with Crippen molar-refractivity contribution in [2.75, 3.05) is 47.1 Å². The molecule has 0 aliphatic carbocycles. The van der Waals surface area contributed by atoms with Gasteiger partial charge in [-0.25, -0.2) is 0 Å². The number of aliphatic hydroxyl groups excluding tert-OH is 1. The van der Waals surface area contributed by atoms with Crippen LogP contribution in [-0.4, -0.2) is 57.1 Å². The zero-order valence-corrected chi connectivity index (χ0v) is 14.8. The quantitative estimate of drug-likeness (QED) is 0.874. The summed E-state index contributed by atoms with van der Waals surface area (Å²) in [7, 11) is 3.29. The molecule has 1 heterocycles. The van der Waals surface area contributed by atoms with Crippen molar-refractivity contribution in [1.82, 2.24) is 4.90 Å². The molecule has 0 bridgehead atoms. The number of nitrogens with zero attached hydrogens (tertiary/aromatic N) is 1. The first-order chi connectivity index (χ1) is 12.2. The van der Waals surface area contributed by atoms with Crippen LogP contribution < -0.4 is 9.47 Å². The Labute approximate surface area is 148 Å². The van der Waals surface area contributed by atoms with E-state index in [0.29, 0.717) is 6.54 Å². The fourth-order valence-electron chi connectivity index (χ4n) is 3.06. The van der Waals surface area contributed by atoms with Crippen LogP contribution in [-0.2, 0) is 4.74 Å². The van der Waals surface area contributed by atoms with Crippen molar-refractivity contribution >= 4 is 0 Å². The molecule has 5 nitrogen and oxygen atoms in total. The smallest absolute Gasteiger partial charge is 0.130 e. The number of hydrogen-bond acceptors (Lipinski definition) is 5. The molecule has 25 heavy (non-hydrogen) atoms. The van der Waals surface area contributed by atoms with E-state index in [1.54, 1.807) is 14.2 Å². The van der Waals surface area contributed by atoms with Gasteiger partial charge in [0.1, 0.15) is 11.5 Å². The SMILES string of the molecule is COc1ccc(-c2ccc([C@H](O)CN3CCOCC3)cc2)c(OC)c1. The van der Waals surface area contributed by atoms with E-state index in [9.17, 15) is 5.11 Å². The molecule has 2 aromatic carbocycles. The largest absolute Gasteiger partial charge is 0.497 e. The highest BCUT2D eigenvalue weighted by molar-refractivity contribution is 5.71. The Morgan fingerprint density at radius 3 is 2.40 bits per heavy atom. The monoisotopic (exact) mass is 343 g/mol. The summed E-state index contributed by atoms with van der Waals surface area (Å²) in [4.78, 5) is 2.23. The number of morpholine rings is 1. The van der Waals surface area contributed by atoms with Gasteiger partial charge in [0.2, 0.25) is 0 Å². The summed E-state index contributed by atoms with van der Waals surface area (Å²) in [5.74, 6) is 1.53. The van der Waals surface area contributed by atoms with Crippen LogP contribution in [0.1, 0.15) is 11.7 Å². The van der Waals surface area contributed by atoms with Gasteiger partial charge in [0.05, 0.1) is 33.5 Å². The third kappa shape index (κ3) is 4.31. The Balaban J connectivity index is 1.73. The minimum atomic E-state index is -0.495. The van der Waals surface area contributed by atoms with Gasteiger partial charge in [0.15, 0.2) is 0 Å². The topological polar surface area (TPSA) is 51.2 Å². The maximum Gasteiger partial charge on any atom is 0.130 e. The molecule has 134 valence electrons. The number of rotatable bonds is 6. The molecule has 0 spiro atoms. The Bertz CT molecular complexity index is 681. The van der Waals surface area contributed by atoms with Crippen molar-refractivity contribution in [2.45, 2.75) is 6.10 Å². The predicted molar refractivity (Wildman–Crippen MR) is 97.2 cm³/mol. The minimum absolute atomic E-state index is 0.495. The summed E-state index contributed by atoms with van der Waals surface area (Å²) in [6.07, 6.45) is -0.495. The lowest BCUT2D eigenvalue weighted by Crippen LogP contribution is -2.38. The number of aliphatic hydroxyl groups is 1. The van der Waals surface area contributed by atoms with Crippen LogP contribution in [0.4, 0.5) is 0 Å². The summed E-state index contributed by atoms with van der Waals surface area (Å²) in [5, 5.41) is 10.5. The highest BCUT2D eigenvalue weighted by Crippen LogP contribution is 2.33. The Morgan fingerprint density at radius 2 is 1.76 bits per heavy atom. The molecule has 1 aliphatic heterocycles. The van der Waals surface area contributed by atoms with Crippen molar-refractivity contribution in [1.29, 1.82) is 0 Å². The van der Waals surface area contributed by atoms with E-state index in [-0.39, 0.29) is 0 Å². The molecule has 2 aromatic rings. The zero-order valence-electron chi connectivity index (χ0n) is 14.8. The van der Waals surface area contributed by atoms with Crippen LogP contribution >= 0.6 is 0 Å². The lowest BCUT2D eigenvalue weighted by Gasteiger charge is -2.28. The third-order valence-corrected chi connectivity index (χ3v) is 4.55. The Kier molecular flexibility index (Phi) is 5.91. The maximum absolute atomic E-state index is 10.5. The van der Waals surface area contributed by atoms with E-state index < -0.39 is 6.10 Å². The van der Waals surface area contributed by atoms with E-state index in [1.165, 1.54) is 0 Å². The van der Waals surface area contributed by atoms with Crippen LogP contribution in [0.5, 0.6) is 11.5 Å². The highest BCUT2D eigenvalue weighted by Gasteiger charge is 2.16. The van der Waals surface area contributed by atoms with Crippen LogP contribution in [0.3, 0.4) is 0 Å². The first kappa shape index (κ1) is 17.7. The fraction of sp³-hybridized carbons (Fsp3) is 0.400. The molecule has 0 amide bonds. The van der Waals surface area contributed by atoms with Gasteiger partial charge in [-0.3, -0.25) is 4.90 Å². The zero-order chi connectivity index (χ0) is 17.6. The second-order valence-corrected chi connectivity index (χ2v) is 6.12. The molecule has 5 heteroatoms. The summed E-state index contributed by atoms with van der Waals surface area (Å²) >= 11 is 0. The molecule has 0 aromatic heterocycles. The first-order valence-electron chi connectivity index (χ1n) is 8.52. The van der Waals surface area contributed by atoms with Crippen molar-refractivity contribution in [3.05, 3.63) is 48.0 Å². The number of hydrogen-bond donors (Lipinski definition) is 1. The average molecular weight is 343 g/mol. The molecule has 0 unspecified atom stereocenters. The number of methoxy groups -OCH3 is 2. The molecular formula is C20H25NO4. The molecular weight excluding hydrogens is 318 g/mol. The Morgan fingerprint density at radius 1 is 1.04 bits per heavy atom. The lowest BCUT2D eigenvalue weighted by atomic mass is 10.0. The van der Waals surface area contributed by atoms with Gasteiger partial charge in [0.25, 0.3) is 0 Å². The molecule has 1 fully saturated rings. The standard InChI is InChI=1S/C20H25NO4/c1-23-17-7-8-18(20(13-17)24-2)15-3-5-16(6-4-15)19(22)14-21-9-11-25-12-10-21/h3-8,13,19,22H,9-12,14H2,1-2H3/t19-/m1/s1. The fourth-order valence-corrected chi connectivity index (χ4v) is 3.06. The number of ether oxygens (including phenoxy) is 3. The summed E-state index contributed by atoms with van der Waals surface area (Å²) in [5.41, 5.74) is 2.96. The maximum atomic E-state index is 10.5. The van der Waals surface area contributed by atoms with Crippen LogP contribution in [0.2, 0.25) is 0 Å². The van der Waals surface area contributed by atoms with Gasteiger partial charge in [-0.1, -0.05) is 24.3 Å². The van der Waals surface area contributed by atoms with Gasteiger partial charge >= 0.3 is 0 Å².